The molecule has 1 saturated carbocycles. The molecule has 6 nitrogen and oxygen atoms in total. The maximum absolute atomic E-state index is 15.1. The standard InChI is InChI=1S/C20H16ClFN4O2/c1-8-13(5-25-18-11-3-10(11)7-26(19(8)18)20(27)28)12-2-9-4-15(23)24-6-14(9)16(21)17(12)22/h2,4-6,10-11H,3,7H2,1H3,(H2,23,24)(H,27,28). The number of carboxylic acid groups (broad SMARTS) is 1. The molecule has 5 rings (SSSR count). The number of halogens is 2. The van der Waals surface area contributed by atoms with Crippen LogP contribution >= 0.6 is 11.6 Å². The molecule has 0 bridgehead atoms. The second kappa shape index (κ2) is 5.78. The fraction of sp³-hybridized carbons (Fsp3) is 0.250. The highest BCUT2D eigenvalue weighted by Crippen LogP contribution is 2.55. The summed E-state index contributed by atoms with van der Waals surface area (Å²) in [5.74, 6) is 0.323. The molecule has 142 valence electrons. The number of benzene rings is 1. The lowest BCUT2D eigenvalue weighted by atomic mass is 9.95. The normalized spacial score (nSPS) is 20.0. The summed E-state index contributed by atoms with van der Waals surface area (Å²) in [6.07, 6.45) is 2.96. The Morgan fingerprint density at radius 2 is 2.11 bits per heavy atom. The fourth-order valence-electron chi connectivity index (χ4n) is 4.22. The summed E-state index contributed by atoms with van der Waals surface area (Å²) in [5.41, 5.74) is 8.56. The van der Waals surface area contributed by atoms with Crippen molar-refractivity contribution in [3.63, 3.8) is 0 Å². The number of amides is 1. The van der Waals surface area contributed by atoms with Gasteiger partial charge in [-0.3, -0.25) is 9.88 Å². The molecule has 1 amide bonds. The van der Waals surface area contributed by atoms with Crippen LogP contribution in [0.2, 0.25) is 5.02 Å². The maximum Gasteiger partial charge on any atom is 0.411 e. The van der Waals surface area contributed by atoms with E-state index in [0.717, 1.165) is 12.1 Å². The summed E-state index contributed by atoms with van der Waals surface area (Å²) >= 11 is 6.26. The van der Waals surface area contributed by atoms with Crippen molar-refractivity contribution in [1.29, 1.82) is 0 Å². The first kappa shape index (κ1) is 17.2. The number of carbonyl (C=O) groups is 1. The van der Waals surface area contributed by atoms with E-state index in [1.54, 1.807) is 25.3 Å². The Labute approximate surface area is 164 Å². The summed E-state index contributed by atoms with van der Waals surface area (Å²) in [5, 5.41) is 10.7. The molecule has 2 aliphatic rings. The zero-order chi connectivity index (χ0) is 19.7. The predicted molar refractivity (Wildman–Crippen MR) is 105 cm³/mol. The van der Waals surface area contributed by atoms with Crippen molar-refractivity contribution >= 4 is 40.0 Å². The minimum atomic E-state index is -1.02. The van der Waals surface area contributed by atoms with E-state index in [9.17, 15) is 9.90 Å². The van der Waals surface area contributed by atoms with E-state index in [1.807, 2.05) is 0 Å². The third kappa shape index (κ3) is 2.36. The summed E-state index contributed by atoms with van der Waals surface area (Å²) in [6, 6.07) is 3.28. The number of nitrogens with zero attached hydrogens (tertiary/aromatic N) is 3. The van der Waals surface area contributed by atoms with E-state index < -0.39 is 11.9 Å². The lowest BCUT2D eigenvalue weighted by molar-refractivity contribution is 0.201. The first-order valence-electron chi connectivity index (χ1n) is 8.90. The molecule has 3 aromatic rings. The van der Waals surface area contributed by atoms with Crippen LogP contribution in [0.25, 0.3) is 21.9 Å². The van der Waals surface area contributed by atoms with Crippen LogP contribution in [0.4, 0.5) is 20.7 Å². The van der Waals surface area contributed by atoms with Gasteiger partial charge in [-0.2, -0.15) is 0 Å². The van der Waals surface area contributed by atoms with Gasteiger partial charge in [0.2, 0.25) is 0 Å². The second-order valence-corrected chi connectivity index (χ2v) is 7.79. The molecule has 2 aromatic heterocycles. The Balaban J connectivity index is 1.76. The van der Waals surface area contributed by atoms with Crippen LogP contribution in [0.1, 0.15) is 23.6 Å². The van der Waals surface area contributed by atoms with E-state index in [0.29, 0.717) is 45.9 Å². The van der Waals surface area contributed by atoms with Gasteiger partial charge in [0, 0.05) is 41.4 Å². The van der Waals surface area contributed by atoms with Gasteiger partial charge in [0.05, 0.1) is 16.4 Å². The van der Waals surface area contributed by atoms with Gasteiger partial charge in [-0.1, -0.05) is 11.6 Å². The number of rotatable bonds is 1. The highest BCUT2D eigenvalue weighted by atomic mass is 35.5. The zero-order valence-corrected chi connectivity index (χ0v) is 15.7. The molecule has 2 unspecified atom stereocenters. The van der Waals surface area contributed by atoms with Crippen molar-refractivity contribution in [1.82, 2.24) is 9.97 Å². The molecule has 0 radical (unpaired) electrons. The van der Waals surface area contributed by atoms with Gasteiger partial charge < -0.3 is 10.8 Å². The van der Waals surface area contributed by atoms with Crippen LogP contribution < -0.4 is 10.6 Å². The molecule has 0 saturated heterocycles. The lowest BCUT2D eigenvalue weighted by Crippen LogP contribution is -2.35. The highest BCUT2D eigenvalue weighted by Gasteiger charge is 2.48. The Morgan fingerprint density at radius 1 is 1.32 bits per heavy atom. The molecule has 28 heavy (non-hydrogen) atoms. The van der Waals surface area contributed by atoms with Crippen molar-refractivity contribution in [2.75, 3.05) is 17.2 Å². The summed E-state index contributed by atoms with van der Waals surface area (Å²) < 4.78 is 15.1. The van der Waals surface area contributed by atoms with Crippen LogP contribution in [-0.2, 0) is 0 Å². The number of aromatic nitrogens is 2. The van der Waals surface area contributed by atoms with E-state index in [2.05, 4.69) is 9.97 Å². The molecule has 1 aromatic carbocycles. The Hall–Kier alpha value is -2.93. The largest absolute Gasteiger partial charge is 0.465 e. The minimum absolute atomic E-state index is 0.0468. The average molecular weight is 399 g/mol. The summed E-state index contributed by atoms with van der Waals surface area (Å²) in [7, 11) is 0. The molecular weight excluding hydrogens is 383 g/mol. The smallest absolute Gasteiger partial charge is 0.411 e. The van der Waals surface area contributed by atoms with E-state index >= 15 is 4.39 Å². The average Bonchev–Trinajstić information content (AvgIpc) is 3.44. The third-order valence-corrected chi connectivity index (χ3v) is 6.11. The molecular formula is C20H16ClFN4O2. The Bertz CT molecular complexity index is 1180. The topological polar surface area (TPSA) is 92.3 Å². The molecule has 1 fully saturated rings. The number of nitrogen functional groups attached to an aromatic ring is 1. The van der Waals surface area contributed by atoms with Crippen molar-refractivity contribution in [3.05, 3.63) is 46.6 Å². The highest BCUT2D eigenvalue weighted by molar-refractivity contribution is 6.36. The predicted octanol–water partition coefficient (Wildman–Crippen LogP) is 4.58. The molecule has 3 N–H and O–H groups in total. The first-order chi connectivity index (χ1) is 13.4. The van der Waals surface area contributed by atoms with E-state index in [4.69, 9.17) is 17.3 Å². The van der Waals surface area contributed by atoms with Gasteiger partial charge in [-0.25, -0.2) is 14.2 Å². The number of fused-ring (bicyclic) bond motifs is 4. The van der Waals surface area contributed by atoms with Gasteiger partial charge in [0.15, 0.2) is 0 Å². The van der Waals surface area contributed by atoms with Crippen LogP contribution in [0.15, 0.2) is 24.5 Å². The van der Waals surface area contributed by atoms with Crippen LogP contribution in [0, 0.1) is 18.7 Å². The fourth-order valence-corrected chi connectivity index (χ4v) is 4.48. The third-order valence-electron chi connectivity index (χ3n) is 5.74. The van der Waals surface area contributed by atoms with Crippen molar-refractivity contribution < 1.29 is 14.3 Å². The summed E-state index contributed by atoms with van der Waals surface area (Å²) in [6.45, 7) is 2.25. The summed E-state index contributed by atoms with van der Waals surface area (Å²) in [4.78, 5) is 21.6. The molecule has 8 heteroatoms. The lowest BCUT2D eigenvalue weighted by Gasteiger charge is -2.28. The molecule has 0 spiro atoms. The van der Waals surface area contributed by atoms with Crippen LogP contribution in [0.5, 0.6) is 0 Å². The number of pyridine rings is 2. The first-order valence-corrected chi connectivity index (χ1v) is 9.28. The molecule has 1 aliphatic heterocycles. The van der Waals surface area contributed by atoms with Gasteiger partial charge in [0.25, 0.3) is 0 Å². The van der Waals surface area contributed by atoms with Gasteiger partial charge in [-0.05, 0) is 42.3 Å². The molecule has 3 heterocycles. The van der Waals surface area contributed by atoms with Crippen molar-refractivity contribution in [2.45, 2.75) is 19.3 Å². The molecule has 2 atom stereocenters. The van der Waals surface area contributed by atoms with Gasteiger partial charge in [0.1, 0.15) is 11.6 Å². The van der Waals surface area contributed by atoms with Crippen LogP contribution in [0.3, 0.4) is 0 Å². The minimum Gasteiger partial charge on any atom is -0.465 e. The number of anilines is 2. The van der Waals surface area contributed by atoms with Crippen molar-refractivity contribution in [2.24, 2.45) is 5.92 Å². The van der Waals surface area contributed by atoms with Gasteiger partial charge in [-0.15, -0.1) is 0 Å². The van der Waals surface area contributed by atoms with Crippen LogP contribution in [-0.4, -0.2) is 27.7 Å². The zero-order valence-electron chi connectivity index (χ0n) is 14.9. The quantitative estimate of drug-likeness (QED) is 0.625. The number of nitrogens with two attached hydrogens (primary N) is 1. The molecule has 1 aliphatic carbocycles. The van der Waals surface area contributed by atoms with E-state index in [-0.39, 0.29) is 16.5 Å². The number of hydrogen-bond acceptors (Lipinski definition) is 4. The number of hydrogen-bond donors (Lipinski definition) is 2. The Morgan fingerprint density at radius 3 is 2.86 bits per heavy atom. The Kier molecular flexibility index (Phi) is 3.55. The monoisotopic (exact) mass is 398 g/mol. The van der Waals surface area contributed by atoms with E-state index in [1.165, 1.54) is 11.1 Å². The maximum atomic E-state index is 15.1. The SMILES string of the molecule is Cc1c(-c2cc3cc(N)ncc3c(Cl)c2F)cnc2c1N(C(=O)O)CC1CC21. The van der Waals surface area contributed by atoms with Crippen molar-refractivity contribution in [3.8, 4) is 11.1 Å². The second-order valence-electron chi connectivity index (χ2n) is 7.41. The van der Waals surface area contributed by atoms with Gasteiger partial charge >= 0.3 is 6.09 Å².